The Morgan fingerprint density at radius 1 is 0.630 bits per heavy atom. The SMILES string of the molecule is COc1ccc(C(OC[C@H]2O[C@@H](n3cnc4c(NC(=O)CCCN(C)C(=O)OCC5c6ccccc6-c6ccccc65)ncnc43)C[C@H]2OP(OCCC#N)OC[C@H]2O[C@@H](n3ccc(NC(=O)c4ccc(CNC(=O)Cc5ccccc5)cc4)nc3=O)C[C@H]2OP(OCCC#N)N(C(C)C)C(C)C)(c2ccccc2)c2ccc(OC)cc2)cc1. The Morgan fingerprint density at radius 2 is 1.22 bits per heavy atom. The summed E-state index contributed by atoms with van der Waals surface area (Å²) < 4.78 is 77.6. The summed E-state index contributed by atoms with van der Waals surface area (Å²) in [7, 11) is 0.473. The number of rotatable bonds is 39. The van der Waals surface area contributed by atoms with Gasteiger partial charge in [-0.15, -0.1) is 0 Å². The molecule has 0 bridgehead atoms. The van der Waals surface area contributed by atoms with Crippen LogP contribution in [-0.2, 0) is 69.7 Å². The van der Waals surface area contributed by atoms with Crippen molar-refractivity contribution in [3.8, 4) is 34.8 Å². The lowest BCUT2D eigenvalue weighted by molar-refractivity contribution is -0.120. The molecule has 29 nitrogen and oxygen atoms in total. The van der Waals surface area contributed by atoms with Gasteiger partial charge in [-0.2, -0.15) is 15.5 Å². The van der Waals surface area contributed by atoms with E-state index in [4.69, 9.17) is 56.0 Å². The third kappa shape index (κ3) is 21.1. The van der Waals surface area contributed by atoms with Crippen LogP contribution in [0, 0.1) is 22.7 Å². The van der Waals surface area contributed by atoms with Crippen LogP contribution < -0.4 is 31.1 Å². The van der Waals surface area contributed by atoms with Gasteiger partial charge in [0.05, 0.1) is 90.6 Å². The molecule has 4 amide bonds. The number of benzene rings is 7. The maximum absolute atomic E-state index is 14.3. The highest BCUT2D eigenvalue weighted by Crippen LogP contribution is 2.53. The van der Waals surface area contributed by atoms with Crippen molar-refractivity contribution in [1.29, 1.82) is 10.5 Å². The Kier molecular flexibility index (Phi) is 29.4. The number of nitrogens with one attached hydrogen (secondary N) is 3. The molecule has 2 aliphatic heterocycles. The minimum absolute atomic E-state index is 0.0179. The summed E-state index contributed by atoms with van der Waals surface area (Å²) in [4.78, 5) is 87.5. The first kappa shape index (κ1) is 85.6. The van der Waals surface area contributed by atoms with Crippen LogP contribution in [0.2, 0.25) is 0 Å². The third-order valence-corrected chi connectivity index (χ3v) is 24.0. The number of amides is 4. The number of aromatic nitrogens is 6. The highest BCUT2D eigenvalue weighted by molar-refractivity contribution is 7.44. The fraction of sp³-hybridized carbons (Fsp3) is 0.352. The topological polar surface area (TPSA) is 338 Å². The normalized spacial score (nSPS) is 17.4. The fourth-order valence-corrected chi connectivity index (χ4v) is 17.7. The van der Waals surface area contributed by atoms with Gasteiger partial charge in [-0.25, -0.2) is 29.2 Å². The molecule has 2 fully saturated rings. The average Bonchev–Trinajstić information content (AvgIpc) is 0.871. The average molecular weight is 1650 g/mol. The molecule has 0 radical (unpaired) electrons. The van der Waals surface area contributed by atoms with Gasteiger partial charge in [-0.1, -0.05) is 146 Å². The summed E-state index contributed by atoms with van der Waals surface area (Å²) in [5.74, 6) is 0.222. The minimum Gasteiger partial charge on any atom is -0.497 e. The largest absolute Gasteiger partial charge is 0.497 e. The molecule has 618 valence electrons. The third-order valence-electron chi connectivity index (χ3n) is 20.6. The molecule has 0 spiro atoms. The zero-order chi connectivity index (χ0) is 83.4. The van der Waals surface area contributed by atoms with E-state index >= 15 is 0 Å². The molecule has 5 heterocycles. The van der Waals surface area contributed by atoms with Crippen molar-refractivity contribution in [3.05, 3.63) is 262 Å². The molecule has 0 saturated carbocycles. The van der Waals surface area contributed by atoms with Crippen LogP contribution in [0.15, 0.2) is 212 Å². The molecular formula is C88H95N13O16P2. The van der Waals surface area contributed by atoms with Crippen molar-refractivity contribution in [2.45, 2.75) is 140 Å². The van der Waals surface area contributed by atoms with E-state index in [0.717, 1.165) is 50.1 Å². The van der Waals surface area contributed by atoms with Crippen LogP contribution in [0.5, 0.6) is 11.5 Å². The van der Waals surface area contributed by atoms with Crippen molar-refractivity contribution in [2.24, 2.45) is 0 Å². The lowest BCUT2D eigenvalue weighted by Gasteiger charge is -2.37. The zero-order valence-electron chi connectivity index (χ0n) is 67.1. The van der Waals surface area contributed by atoms with E-state index in [1.165, 1.54) is 28.1 Å². The van der Waals surface area contributed by atoms with Gasteiger partial charge in [0.15, 0.2) is 17.0 Å². The zero-order valence-corrected chi connectivity index (χ0v) is 68.9. The van der Waals surface area contributed by atoms with Crippen LogP contribution in [0.25, 0.3) is 22.3 Å². The molecule has 8 atom stereocenters. The van der Waals surface area contributed by atoms with E-state index in [2.05, 4.69) is 72.0 Å². The van der Waals surface area contributed by atoms with Gasteiger partial charge in [0.1, 0.15) is 60.5 Å². The summed E-state index contributed by atoms with van der Waals surface area (Å²) in [5, 5.41) is 28.2. The number of anilines is 2. The number of nitrogens with zero attached hydrogens (tertiary/aromatic N) is 10. The molecule has 2 unspecified atom stereocenters. The van der Waals surface area contributed by atoms with Crippen molar-refractivity contribution < 1.29 is 70.2 Å². The molecule has 3 aromatic heterocycles. The van der Waals surface area contributed by atoms with E-state index in [1.54, 1.807) is 56.4 Å². The number of methoxy groups -OCH3 is 2. The molecule has 3 N–H and O–H groups in total. The van der Waals surface area contributed by atoms with E-state index < -0.39 is 77.3 Å². The number of imidazole rings is 1. The Balaban J connectivity index is 0.751. The molecule has 13 rings (SSSR count). The number of ether oxygens (including phenoxy) is 6. The number of carbonyl (C=O) groups is 4. The smallest absolute Gasteiger partial charge is 0.409 e. The molecule has 10 aromatic rings. The van der Waals surface area contributed by atoms with Crippen LogP contribution in [0.1, 0.15) is 134 Å². The van der Waals surface area contributed by atoms with Crippen LogP contribution in [0.4, 0.5) is 16.4 Å². The Bertz CT molecular complexity index is 5130. The monoisotopic (exact) mass is 1650 g/mol. The molecule has 31 heteroatoms. The summed E-state index contributed by atoms with van der Waals surface area (Å²) in [6.07, 6.45) is -0.990. The predicted molar refractivity (Wildman–Crippen MR) is 445 cm³/mol. The van der Waals surface area contributed by atoms with E-state index in [9.17, 15) is 34.5 Å². The molecule has 2 saturated heterocycles. The van der Waals surface area contributed by atoms with Gasteiger partial charge in [0, 0.05) is 69.2 Å². The lowest BCUT2D eigenvalue weighted by Crippen LogP contribution is -2.38. The van der Waals surface area contributed by atoms with Gasteiger partial charge in [0.25, 0.3) is 14.4 Å². The second-order valence-corrected chi connectivity index (χ2v) is 31.7. The number of hydrogen-bond donors (Lipinski definition) is 3. The first-order valence-corrected chi connectivity index (χ1v) is 41.6. The van der Waals surface area contributed by atoms with E-state index in [0.29, 0.717) is 23.6 Å². The number of carbonyl (C=O) groups excluding carboxylic acids is 4. The lowest BCUT2D eigenvalue weighted by atomic mass is 9.80. The van der Waals surface area contributed by atoms with Gasteiger partial charge >= 0.3 is 20.4 Å². The molecule has 1 aliphatic carbocycles. The van der Waals surface area contributed by atoms with Crippen molar-refractivity contribution in [1.82, 2.24) is 44.0 Å². The van der Waals surface area contributed by atoms with Crippen LogP contribution >= 0.6 is 17.1 Å². The maximum atomic E-state index is 14.3. The summed E-state index contributed by atoms with van der Waals surface area (Å²) >= 11 is 0. The highest BCUT2D eigenvalue weighted by atomic mass is 31.2. The van der Waals surface area contributed by atoms with Gasteiger partial charge < -0.3 is 71.9 Å². The molecule has 3 aliphatic rings. The van der Waals surface area contributed by atoms with E-state index in [-0.39, 0.29) is 137 Å². The van der Waals surface area contributed by atoms with Crippen molar-refractivity contribution in [2.75, 3.05) is 71.5 Å². The maximum Gasteiger partial charge on any atom is 0.409 e. The molecule has 7 aromatic carbocycles. The van der Waals surface area contributed by atoms with Gasteiger partial charge in [-0.05, 0) is 127 Å². The molecule has 119 heavy (non-hydrogen) atoms. The summed E-state index contributed by atoms with van der Waals surface area (Å²) in [6, 6.07) is 63.0. The minimum atomic E-state index is -2.46. The fourth-order valence-electron chi connectivity index (χ4n) is 14.8. The Hall–Kier alpha value is -11.3. The summed E-state index contributed by atoms with van der Waals surface area (Å²) in [5.41, 5.74) is 7.17. The van der Waals surface area contributed by atoms with Crippen molar-refractivity contribution in [3.63, 3.8) is 0 Å². The van der Waals surface area contributed by atoms with E-state index in [1.807, 2.05) is 161 Å². The first-order valence-electron chi connectivity index (χ1n) is 39.4. The van der Waals surface area contributed by atoms with Crippen LogP contribution in [0.3, 0.4) is 0 Å². The Labute approximate surface area is 692 Å². The quantitative estimate of drug-likeness (QED) is 0.0183. The Morgan fingerprint density at radius 3 is 1.84 bits per heavy atom. The predicted octanol–water partition coefficient (Wildman–Crippen LogP) is 14.6. The van der Waals surface area contributed by atoms with Gasteiger partial charge in [0.2, 0.25) is 11.8 Å². The highest BCUT2D eigenvalue weighted by Gasteiger charge is 2.47. The second-order valence-electron chi connectivity index (χ2n) is 29.2. The second kappa shape index (κ2) is 40.9. The van der Waals surface area contributed by atoms with Gasteiger partial charge in [-0.3, -0.25) is 23.5 Å². The van der Waals surface area contributed by atoms with Crippen LogP contribution in [-0.4, -0.2) is 160 Å². The standard InChI is InChI=1S/C88H95N13O16P2/c1-58(2)101(59(3)4)118(111-47-19-43-89)116-73-50-80(99-46-42-77(96-86(99)105)95-85(104)62-32-30-61(31-33-62)52-91-79(103)49-60-21-10-8-11-22-60)115-76(73)55-113-119(112-48-20-44-90)117-74-51-81(114-75(74)54-110-88(63-23-12-9-13-24-63,64-34-38-66(107-6)39-35-64)65-36-40-67(108-7)41-37-65)100-57-94-82-83(92-56-93-84(82)100)97-78(102)29-18-45-98(5)87(106)109-53-72-70-27-16-14-25-68(70)69-26-15-17-28-71(69)72/h8-17,21-28,30-42,46,56-59,72-76,80-81H,18-20,29,45,47-55H2,1-7H3,(H,91,103)(H,92,93,97,102)(H,95,96,104,105)/t73-,74-,75-,76-,80-,81-,118?,119?/m1/s1. The number of nitriles is 2. The first-order chi connectivity index (χ1) is 57.9. The number of fused-ring (bicyclic) bond motifs is 4. The molecular weight excluding hydrogens is 1560 g/mol. The van der Waals surface area contributed by atoms with Crippen molar-refractivity contribution >= 4 is 63.7 Å². The summed E-state index contributed by atoms with van der Waals surface area (Å²) in [6.45, 7) is 8.23. The number of hydrogen-bond acceptors (Lipinski definition) is 23.